The largest absolute Gasteiger partial charge is 0.480 e. The number of nitrogens with zero attached hydrogens (tertiary/aromatic N) is 1. The number of aliphatic carboxylic acids is 1. The first-order chi connectivity index (χ1) is 6.22. The first-order valence-corrected chi connectivity index (χ1v) is 4.59. The highest BCUT2D eigenvalue weighted by Crippen LogP contribution is 2.10. The molecule has 0 saturated heterocycles. The molecule has 68 valence electrons. The molecular weight excluding hydrogens is 186 g/mol. The lowest BCUT2D eigenvalue weighted by atomic mass is 10.4. The summed E-state index contributed by atoms with van der Waals surface area (Å²) in [6, 6.07) is 1.94. The van der Waals surface area contributed by atoms with Gasteiger partial charge in [0.15, 0.2) is 5.25 Å². The highest BCUT2D eigenvalue weighted by atomic mass is 32.2. The van der Waals surface area contributed by atoms with Crippen LogP contribution < -0.4 is 0 Å². The Morgan fingerprint density at radius 1 is 1.69 bits per heavy atom. The van der Waals surface area contributed by atoms with Gasteiger partial charge < -0.3 is 5.11 Å². The zero-order valence-corrected chi connectivity index (χ0v) is 7.75. The molecule has 0 spiro atoms. The number of thioether (sulfide) groups is 1. The fourth-order valence-corrected chi connectivity index (χ4v) is 1.22. The third kappa shape index (κ3) is 5.84. The van der Waals surface area contributed by atoms with Crippen LogP contribution in [0.5, 0.6) is 0 Å². The van der Waals surface area contributed by atoms with E-state index in [1.54, 1.807) is 12.2 Å². The van der Waals surface area contributed by atoms with Crippen LogP contribution in [0.25, 0.3) is 0 Å². The van der Waals surface area contributed by atoms with Crippen molar-refractivity contribution in [2.75, 3.05) is 5.75 Å². The maximum Gasteiger partial charge on any atom is 0.328 e. The van der Waals surface area contributed by atoms with Gasteiger partial charge in [0.05, 0.1) is 12.5 Å². The fourth-order valence-electron chi connectivity index (χ4n) is 0.547. The van der Waals surface area contributed by atoms with Crippen LogP contribution in [-0.2, 0) is 4.79 Å². The van der Waals surface area contributed by atoms with Crippen LogP contribution in [0.3, 0.4) is 0 Å². The molecule has 0 amide bonds. The standard InChI is InChI=1S/C9H9NO2S/c1-2-8(9(11)12)13-7-5-3-4-6-10/h1,3,5,8H,4,7H2,(H,11,12). The number of hydrogen-bond donors (Lipinski definition) is 1. The molecule has 0 aliphatic carbocycles. The zero-order chi connectivity index (χ0) is 10.1. The summed E-state index contributed by atoms with van der Waals surface area (Å²) < 4.78 is 0. The predicted molar refractivity (Wildman–Crippen MR) is 52.1 cm³/mol. The molecule has 0 aliphatic heterocycles. The lowest BCUT2D eigenvalue weighted by molar-refractivity contribution is -0.135. The molecule has 0 aliphatic rings. The van der Waals surface area contributed by atoms with E-state index in [0.717, 1.165) is 11.8 Å². The van der Waals surface area contributed by atoms with Crippen molar-refractivity contribution in [1.82, 2.24) is 0 Å². The Hall–Kier alpha value is -1.39. The van der Waals surface area contributed by atoms with Gasteiger partial charge in [-0.25, -0.2) is 4.79 Å². The van der Waals surface area contributed by atoms with Crippen LogP contribution in [0.2, 0.25) is 0 Å². The molecule has 0 fully saturated rings. The highest BCUT2D eigenvalue weighted by Gasteiger charge is 2.12. The molecule has 0 saturated carbocycles. The molecule has 1 atom stereocenters. The predicted octanol–water partition coefficient (Wildman–Crippen LogP) is 1.28. The van der Waals surface area contributed by atoms with E-state index < -0.39 is 11.2 Å². The topological polar surface area (TPSA) is 61.1 Å². The summed E-state index contributed by atoms with van der Waals surface area (Å²) in [5.74, 6) is 1.67. The molecule has 0 aromatic rings. The minimum atomic E-state index is -0.999. The Morgan fingerprint density at radius 3 is 2.85 bits per heavy atom. The number of carbonyl (C=O) groups is 1. The van der Waals surface area contributed by atoms with Crippen molar-refractivity contribution in [3.63, 3.8) is 0 Å². The Bertz CT molecular complexity index is 272. The molecule has 3 nitrogen and oxygen atoms in total. The van der Waals surface area contributed by atoms with Gasteiger partial charge >= 0.3 is 5.97 Å². The molecule has 4 heteroatoms. The lowest BCUT2D eigenvalue weighted by Gasteiger charge is -2.00. The Morgan fingerprint density at radius 2 is 2.38 bits per heavy atom. The summed E-state index contributed by atoms with van der Waals surface area (Å²) in [7, 11) is 0. The van der Waals surface area contributed by atoms with Gasteiger partial charge in [-0.3, -0.25) is 0 Å². The summed E-state index contributed by atoms with van der Waals surface area (Å²) in [6.07, 6.45) is 8.75. The molecule has 0 aromatic heterocycles. The quantitative estimate of drug-likeness (QED) is 0.530. The average molecular weight is 195 g/mol. The van der Waals surface area contributed by atoms with Crippen molar-refractivity contribution >= 4 is 17.7 Å². The SMILES string of the molecule is C#CC(SCC=CCC#N)C(=O)O. The van der Waals surface area contributed by atoms with E-state index in [9.17, 15) is 4.79 Å². The van der Waals surface area contributed by atoms with Crippen LogP contribution in [0.15, 0.2) is 12.2 Å². The van der Waals surface area contributed by atoms with E-state index in [0.29, 0.717) is 12.2 Å². The van der Waals surface area contributed by atoms with Crippen molar-refractivity contribution in [3.8, 4) is 18.4 Å². The average Bonchev–Trinajstić information content (AvgIpc) is 2.10. The van der Waals surface area contributed by atoms with E-state index in [4.69, 9.17) is 16.8 Å². The first-order valence-electron chi connectivity index (χ1n) is 3.55. The molecular formula is C9H9NO2S. The third-order valence-corrected chi connectivity index (χ3v) is 2.17. The minimum absolute atomic E-state index is 0.342. The van der Waals surface area contributed by atoms with E-state index in [-0.39, 0.29) is 0 Å². The third-order valence-electron chi connectivity index (χ3n) is 1.11. The Kier molecular flexibility index (Phi) is 6.49. The van der Waals surface area contributed by atoms with Crippen LogP contribution in [0.4, 0.5) is 0 Å². The zero-order valence-electron chi connectivity index (χ0n) is 6.93. The maximum absolute atomic E-state index is 10.4. The number of carboxylic acid groups (broad SMARTS) is 1. The minimum Gasteiger partial charge on any atom is -0.480 e. The number of allylic oxidation sites excluding steroid dienone is 1. The first kappa shape index (κ1) is 11.6. The van der Waals surface area contributed by atoms with Gasteiger partial charge in [-0.05, 0) is 0 Å². The van der Waals surface area contributed by atoms with Crippen LogP contribution >= 0.6 is 11.8 Å². The highest BCUT2D eigenvalue weighted by molar-refractivity contribution is 8.00. The second kappa shape index (κ2) is 7.27. The number of hydrogen-bond acceptors (Lipinski definition) is 3. The summed E-state index contributed by atoms with van der Waals surface area (Å²) in [5.41, 5.74) is 0. The molecule has 0 aromatic carbocycles. The molecule has 0 heterocycles. The molecule has 0 radical (unpaired) electrons. The van der Waals surface area contributed by atoms with E-state index in [1.807, 2.05) is 6.07 Å². The van der Waals surface area contributed by atoms with Crippen LogP contribution in [-0.4, -0.2) is 22.1 Å². The van der Waals surface area contributed by atoms with Crippen LogP contribution in [0.1, 0.15) is 6.42 Å². The summed E-state index contributed by atoms with van der Waals surface area (Å²) in [6.45, 7) is 0. The fraction of sp³-hybridized carbons (Fsp3) is 0.333. The molecule has 0 bridgehead atoms. The monoisotopic (exact) mass is 195 g/mol. The van der Waals surface area contributed by atoms with Crippen molar-refractivity contribution in [2.45, 2.75) is 11.7 Å². The van der Waals surface area contributed by atoms with Gasteiger partial charge in [0.2, 0.25) is 0 Å². The van der Waals surface area contributed by atoms with Crippen molar-refractivity contribution in [2.24, 2.45) is 0 Å². The van der Waals surface area contributed by atoms with Crippen molar-refractivity contribution in [1.29, 1.82) is 5.26 Å². The number of rotatable bonds is 5. The molecule has 13 heavy (non-hydrogen) atoms. The van der Waals surface area contributed by atoms with Crippen molar-refractivity contribution < 1.29 is 9.90 Å². The van der Waals surface area contributed by atoms with E-state index in [2.05, 4.69) is 5.92 Å². The second-order valence-corrected chi connectivity index (χ2v) is 3.19. The van der Waals surface area contributed by atoms with E-state index in [1.165, 1.54) is 0 Å². The normalized spacial score (nSPS) is 11.8. The lowest BCUT2D eigenvalue weighted by Crippen LogP contribution is -2.13. The molecule has 0 rings (SSSR count). The molecule has 1 N–H and O–H groups in total. The smallest absolute Gasteiger partial charge is 0.328 e. The molecule has 1 unspecified atom stereocenters. The Labute approximate surface area is 81.4 Å². The van der Waals surface area contributed by atoms with E-state index >= 15 is 0 Å². The summed E-state index contributed by atoms with van der Waals surface area (Å²) in [4.78, 5) is 10.4. The summed E-state index contributed by atoms with van der Waals surface area (Å²) >= 11 is 1.15. The van der Waals surface area contributed by atoms with Gasteiger partial charge in [0.1, 0.15) is 0 Å². The van der Waals surface area contributed by atoms with Crippen molar-refractivity contribution in [3.05, 3.63) is 12.2 Å². The maximum atomic E-state index is 10.4. The Balaban J connectivity index is 3.70. The number of terminal acetylenes is 1. The van der Waals surface area contributed by atoms with Gasteiger partial charge in [-0.15, -0.1) is 18.2 Å². The van der Waals surface area contributed by atoms with Gasteiger partial charge in [-0.1, -0.05) is 18.1 Å². The van der Waals surface area contributed by atoms with Gasteiger partial charge in [-0.2, -0.15) is 5.26 Å². The number of carboxylic acids is 1. The van der Waals surface area contributed by atoms with Crippen LogP contribution in [0, 0.1) is 23.7 Å². The number of nitriles is 1. The van der Waals surface area contributed by atoms with Gasteiger partial charge in [0.25, 0.3) is 0 Å². The summed E-state index contributed by atoms with van der Waals surface area (Å²) in [5, 5.41) is 15.9. The second-order valence-electron chi connectivity index (χ2n) is 2.05. The van der Waals surface area contributed by atoms with Gasteiger partial charge in [0, 0.05) is 5.75 Å².